The summed E-state index contributed by atoms with van der Waals surface area (Å²) < 4.78 is 13.0. The number of carbonyl (C=O) groups is 1. The van der Waals surface area contributed by atoms with Gasteiger partial charge in [0.05, 0.1) is 17.1 Å². The minimum absolute atomic E-state index is 0.153. The minimum Gasteiger partial charge on any atom is -0.342 e. The van der Waals surface area contributed by atoms with Crippen molar-refractivity contribution >= 4 is 16.9 Å². The number of aromatic amines is 1. The highest BCUT2D eigenvalue weighted by molar-refractivity contribution is 5.94. The fourth-order valence-corrected chi connectivity index (χ4v) is 2.50. The second-order valence-corrected chi connectivity index (χ2v) is 5.84. The van der Waals surface area contributed by atoms with Crippen LogP contribution >= 0.6 is 0 Å². The third-order valence-corrected chi connectivity index (χ3v) is 3.76. The first kappa shape index (κ1) is 15.2. The van der Waals surface area contributed by atoms with Crippen molar-refractivity contribution in [1.29, 1.82) is 0 Å². The zero-order valence-corrected chi connectivity index (χ0v) is 13.0. The molecule has 2 N–H and O–H groups in total. The molecule has 1 heterocycles. The van der Waals surface area contributed by atoms with Gasteiger partial charge in [-0.05, 0) is 42.3 Å². The van der Waals surface area contributed by atoms with E-state index in [9.17, 15) is 9.18 Å². The molecule has 118 valence electrons. The van der Waals surface area contributed by atoms with Gasteiger partial charge in [0, 0.05) is 5.56 Å². The van der Waals surface area contributed by atoms with Gasteiger partial charge in [0.2, 0.25) is 0 Å². The fourth-order valence-electron chi connectivity index (χ4n) is 2.50. The lowest BCUT2D eigenvalue weighted by Gasteiger charge is -2.20. The van der Waals surface area contributed by atoms with Gasteiger partial charge < -0.3 is 10.3 Å². The summed E-state index contributed by atoms with van der Waals surface area (Å²) in [5, 5.41) is 2.97. The number of rotatable bonds is 4. The van der Waals surface area contributed by atoms with Crippen LogP contribution in [-0.4, -0.2) is 15.9 Å². The van der Waals surface area contributed by atoms with Crippen molar-refractivity contribution in [2.45, 2.75) is 19.9 Å². The molecular weight excluding hydrogens is 293 g/mol. The van der Waals surface area contributed by atoms with Gasteiger partial charge in [-0.3, -0.25) is 4.79 Å². The average molecular weight is 311 g/mol. The number of fused-ring (bicyclic) bond motifs is 1. The van der Waals surface area contributed by atoms with Crippen LogP contribution in [0.2, 0.25) is 0 Å². The van der Waals surface area contributed by atoms with Gasteiger partial charge in [-0.15, -0.1) is 0 Å². The number of nitrogens with one attached hydrogen (secondary N) is 2. The standard InChI is InChI=1S/C18H18FN3O/c1-11(2)16(17-20-14-5-3-4-6-15(14)21-17)22-18(23)12-7-9-13(19)10-8-12/h3-11,16H,1-2H3,(H,20,21)(H,22,23)/t16-/m1/s1. The molecule has 0 radical (unpaired) electrons. The fraction of sp³-hybridized carbons (Fsp3) is 0.222. The summed E-state index contributed by atoms with van der Waals surface area (Å²) in [6.07, 6.45) is 0. The molecule has 2 aromatic carbocycles. The quantitative estimate of drug-likeness (QED) is 0.769. The summed E-state index contributed by atoms with van der Waals surface area (Å²) in [5.41, 5.74) is 2.22. The number of nitrogens with zero attached hydrogens (tertiary/aromatic N) is 1. The molecule has 1 atom stereocenters. The topological polar surface area (TPSA) is 57.8 Å². The van der Waals surface area contributed by atoms with E-state index in [2.05, 4.69) is 15.3 Å². The molecule has 0 spiro atoms. The van der Waals surface area contributed by atoms with Crippen LogP contribution in [-0.2, 0) is 0 Å². The number of para-hydroxylation sites is 2. The monoisotopic (exact) mass is 311 g/mol. The van der Waals surface area contributed by atoms with Gasteiger partial charge >= 0.3 is 0 Å². The van der Waals surface area contributed by atoms with Crippen molar-refractivity contribution in [3.8, 4) is 0 Å². The SMILES string of the molecule is CC(C)[C@@H](NC(=O)c1ccc(F)cc1)c1nc2ccccc2[nH]1. The van der Waals surface area contributed by atoms with Crippen LogP contribution in [0.15, 0.2) is 48.5 Å². The van der Waals surface area contributed by atoms with Crippen molar-refractivity contribution in [3.63, 3.8) is 0 Å². The average Bonchev–Trinajstić information content (AvgIpc) is 2.96. The zero-order chi connectivity index (χ0) is 16.4. The zero-order valence-electron chi connectivity index (χ0n) is 13.0. The van der Waals surface area contributed by atoms with Crippen molar-refractivity contribution in [2.75, 3.05) is 0 Å². The van der Waals surface area contributed by atoms with Crippen LogP contribution in [0.25, 0.3) is 11.0 Å². The molecule has 3 rings (SSSR count). The molecule has 0 saturated carbocycles. The first-order valence-corrected chi connectivity index (χ1v) is 7.55. The summed E-state index contributed by atoms with van der Waals surface area (Å²) in [4.78, 5) is 20.2. The molecular formula is C18H18FN3O. The smallest absolute Gasteiger partial charge is 0.251 e. The Morgan fingerprint density at radius 3 is 2.48 bits per heavy atom. The molecule has 0 aliphatic rings. The third-order valence-electron chi connectivity index (χ3n) is 3.76. The van der Waals surface area contributed by atoms with Gasteiger partial charge in [0.25, 0.3) is 5.91 Å². The van der Waals surface area contributed by atoms with E-state index in [1.165, 1.54) is 24.3 Å². The molecule has 0 saturated heterocycles. The van der Waals surface area contributed by atoms with E-state index >= 15 is 0 Å². The van der Waals surface area contributed by atoms with Crippen molar-refractivity contribution in [3.05, 3.63) is 65.7 Å². The van der Waals surface area contributed by atoms with Crippen LogP contribution < -0.4 is 5.32 Å². The van der Waals surface area contributed by atoms with Gasteiger partial charge in [0.15, 0.2) is 0 Å². The van der Waals surface area contributed by atoms with Gasteiger partial charge in [-0.1, -0.05) is 26.0 Å². The Bertz CT molecular complexity index is 791. The highest BCUT2D eigenvalue weighted by Crippen LogP contribution is 2.22. The van der Waals surface area contributed by atoms with Crippen LogP contribution in [0, 0.1) is 11.7 Å². The van der Waals surface area contributed by atoms with Crippen LogP contribution in [0.4, 0.5) is 4.39 Å². The van der Waals surface area contributed by atoms with Crippen LogP contribution in [0.3, 0.4) is 0 Å². The molecule has 23 heavy (non-hydrogen) atoms. The molecule has 0 fully saturated rings. The van der Waals surface area contributed by atoms with Crippen LogP contribution in [0.5, 0.6) is 0 Å². The van der Waals surface area contributed by atoms with Gasteiger partial charge in [0.1, 0.15) is 11.6 Å². The molecule has 3 aromatic rings. The highest BCUT2D eigenvalue weighted by atomic mass is 19.1. The van der Waals surface area contributed by atoms with Crippen molar-refractivity contribution in [2.24, 2.45) is 5.92 Å². The number of halogens is 1. The van der Waals surface area contributed by atoms with Gasteiger partial charge in [-0.25, -0.2) is 9.37 Å². The molecule has 0 bridgehead atoms. The van der Waals surface area contributed by atoms with E-state index in [0.717, 1.165) is 16.9 Å². The van der Waals surface area contributed by atoms with E-state index in [-0.39, 0.29) is 23.7 Å². The number of hydrogen-bond acceptors (Lipinski definition) is 2. The van der Waals surface area contributed by atoms with Crippen molar-refractivity contribution in [1.82, 2.24) is 15.3 Å². The number of amides is 1. The first-order valence-electron chi connectivity index (χ1n) is 7.55. The van der Waals surface area contributed by atoms with Crippen molar-refractivity contribution < 1.29 is 9.18 Å². The van der Waals surface area contributed by atoms with E-state index in [0.29, 0.717) is 5.56 Å². The lowest BCUT2D eigenvalue weighted by molar-refractivity contribution is 0.0923. The van der Waals surface area contributed by atoms with Gasteiger partial charge in [-0.2, -0.15) is 0 Å². The summed E-state index contributed by atoms with van der Waals surface area (Å²) in [7, 11) is 0. The predicted octanol–water partition coefficient (Wildman–Crippen LogP) is 3.83. The first-order chi connectivity index (χ1) is 11.0. The number of imidazole rings is 1. The summed E-state index contributed by atoms with van der Waals surface area (Å²) in [6, 6.07) is 13.0. The maximum atomic E-state index is 13.0. The minimum atomic E-state index is -0.362. The Kier molecular flexibility index (Phi) is 4.10. The Morgan fingerprint density at radius 1 is 1.13 bits per heavy atom. The highest BCUT2D eigenvalue weighted by Gasteiger charge is 2.22. The Balaban J connectivity index is 1.86. The molecule has 0 aliphatic heterocycles. The maximum absolute atomic E-state index is 13.0. The van der Waals surface area contributed by atoms with E-state index in [4.69, 9.17) is 0 Å². The predicted molar refractivity (Wildman–Crippen MR) is 87.5 cm³/mol. The second kappa shape index (κ2) is 6.20. The molecule has 1 aromatic heterocycles. The number of carbonyl (C=O) groups excluding carboxylic acids is 1. The number of benzene rings is 2. The summed E-state index contributed by atoms with van der Waals surface area (Å²) >= 11 is 0. The molecule has 4 nitrogen and oxygen atoms in total. The molecule has 5 heteroatoms. The largest absolute Gasteiger partial charge is 0.342 e. The molecule has 0 unspecified atom stereocenters. The Morgan fingerprint density at radius 2 is 1.83 bits per heavy atom. The molecule has 1 amide bonds. The Labute approximate surface area is 133 Å². The van der Waals surface area contributed by atoms with E-state index < -0.39 is 0 Å². The lowest BCUT2D eigenvalue weighted by atomic mass is 10.0. The summed E-state index contributed by atoms with van der Waals surface area (Å²) in [6.45, 7) is 4.03. The van der Waals surface area contributed by atoms with E-state index in [1.54, 1.807) is 0 Å². The molecule has 0 aliphatic carbocycles. The number of hydrogen-bond donors (Lipinski definition) is 2. The third kappa shape index (κ3) is 3.23. The van der Waals surface area contributed by atoms with E-state index in [1.807, 2.05) is 38.1 Å². The normalized spacial score (nSPS) is 12.5. The number of H-pyrrole nitrogens is 1. The lowest BCUT2D eigenvalue weighted by Crippen LogP contribution is -2.32. The summed E-state index contributed by atoms with van der Waals surface area (Å²) in [5.74, 6) is 0.264. The number of aromatic nitrogens is 2. The second-order valence-electron chi connectivity index (χ2n) is 5.84. The Hall–Kier alpha value is -2.69. The van der Waals surface area contributed by atoms with Crippen LogP contribution in [0.1, 0.15) is 36.1 Å². The maximum Gasteiger partial charge on any atom is 0.251 e.